The molecule has 13 heteroatoms. The summed E-state index contributed by atoms with van der Waals surface area (Å²) in [5, 5.41) is 12.0. The van der Waals surface area contributed by atoms with Gasteiger partial charge >= 0.3 is 11.0 Å². The maximum absolute atomic E-state index is 13.7. The summed E-state index contributed by atoms with van der Waals surface area (Å²) < 4.78 is 40.1. The van der Waals surface area contributed by atoms with Crippen LogP contribution in [0.5, 0.6) is 0 Å². The largest absolute Gasteiger partial charge is 0.416 e. The lowest BCUT2D eigenvalue weighted by molar-refractivity contribution is -0.384. The molecule has 2 saturated carbocycles. The number of nitrogens with zero attached hydrogens (tertiary/aromatic N) is 2. The van der Waals surface area contributed by atoms with E-state index in [0.29, 0.717) is 17.0 Å². The fourth-order valence-corrected chi connectivity index (χ4v) is 10.2. The number of alkyl halides is 3. The molecule has 2 amide bonds. The summed E-state index contributed by atoms with van der Waals surface area (Å²) in [5.41, 5.74) is -0.464. The van der Waals surface area contributed by atoms with Crippen LogP contribution in [0.4, 0.5) is 24.5 Å². The fraction of sp³-hybridized carbons (Fsp3) is 0.346. The van der Waals surface area contributed by atoms with Gasteiger partial charge in [-0.25, -0.2) is 0 Å². The number of fused-ring (bicyclic) bond motifs is 9. The summed E-state index contributed by atoms with van der Waals surface area (Å²) in [5.74, 6) is -3.42. The van der Waals surface area contributed by atoms with Gasteiger partial charge in [0.15, 0.2) is 0 Å². The number of amides is 2. The van der Waals surface area contributed by atoms with Crippen LogP contribution in [0.2, 0.25) is 0 Å². The van der Waals surface area contributed by atoms with Gasteiger partial charge in [0.2, 0.25) is 11.8 Å². The van der Waals surface area contributed by atoms with E-state index < -0.39 is 46.2 Å². The highest BCUT2D eigenvalue weighted by Gasteiger charge is 2.69. The Bertz CT molecular complexity index is 1630. The van der Waals surface area contributed by atoms with Crippen LogP contribution in [0, 0.1) is 39.7 Å². The number of hydrogen-bond donors (Lipinski definition) is 1. The molecular weight excluding hydrogens is 555 g/mol. The molecule has 2 aliphatic carbocycles. The Labute approximate surface area is 226 Å². The average molecular weight is 574 g/mol. The van der Waals surface area contributed by atoms with Crippen LogP contribution >= 0.6 is 23.1 Å². The van der Waals surface area contributed by atoms with E-state index in [1.807, 2.05) is 0 Å². The molecule has 0 radical (unpaired) electrons. The number of thioether (sulfide) groups is 1. The number of hydrogen-bond acceptors (Lipinski definition) is 7. The van der Waals surface area contributed by atoms with E-state index in [0.717, 1.165) is 33.2 Å². The second-order valence-corrected chi connectivity index (χ2v) is 12.6. The van der Waals surface area contributed by atoms with Crippen molar-refractivity contribution in [2.24, 2.45) is 29.6 Å². The molecule has 2 bridgehead atoms. The first-order chi connectivity index (χ1) is 18.5. The van der Waals surface area contributed by atoms with Crippen molar-refractivity contribution in [3.05, 3.63) is 84.3 Å². The van der Waals surface area contributed by atoms with Crippen molar-refractivity contribution in [3.8, 4) is 0 Å². The van der Waals surface area contributed by atoms with Gasteiger partial charge in [-0.1, -0.05) is 29.5 Å². The molecule has 7 rings (SSSR count). The Hall–Kier alpha value is -3.45. The third kappa shape index (κ3) is 3.48. The van der Waals surface area contributed by atoms with Crippen LogP contribution in [-0.4, -0.2) is 27.0 Å². The van der Waals surface area contributed by atoms with Gasteiger partial charge in [-0.3, -0.25) is 29.4 Å². The summed E-state index contributed by atoms with van der Waals surface area (Å²) in [6.07, 6.45) is -4.03. The van der Waals surface area contributed by atoms with Crippen molar-refractivity contribution in [2.45, 2.75) is 28.8 Å². The van der Waals surface area contributed by atoms with Gasteiger partial charge in [0.25, 0.3) is 5.69 Å². The van der Waals surface area contributed by atoms with Gasteiger partial charge in [0.1, 0.15) is 0 Å². The Balaban J connectivity index is 1.31. The number of H-pyrrole nitrogens is 1. The number of rotatable bonds is 3. The quantitative estimate of drug-likeness (QED) is 0.267. The monoisotopic (exact) mass is 573 g/mol. The van der Waals surface area contributed by atoms with Crippen molar-refractivity contribution in [1.29, 1.82) is 0 Å². The lowest BCUT2D eigenvalue weighted by Gasteiger charge is -2.42. The smallest absolute Gasteiger partial charge is 0.307 e. The van der Waals surface area contributed by atoms with Crippen molar-refractivity contribution >= 4 is 46.3 Å². The first-order valence-corrected chi connectivity index (χ1v) is 13.9. The zero-order valence-electron chi connectivity index (χ0n) is 19.8. The maximum atomic E-state index is 13.7. The van der Waals surface area contributed by atoms with Crippen LogP contribution in [0.15, 0.2) is 58.4 Å². The Kier molecular flexibility index (Phi) is 5.22. The standard InChI is InChI=1S/C26H18F3N3O5S2/c27-26(28,29)11-4-2-5-12(8-11)31-23(33)18-14-9-15(19(18)24(31)34)20-17(14)16(21-22(38-20)30-25(35)39-21)10-3-1-6-13(7-10)32(36)37/h1-8,14-20H,9H2,(H,30,35)/t14-,15+,16-,17+,18+,19+,20+/m0/s1. The molecule has 1 N–H and O–H groups in total. The van der Waals surface area contributed by atoms with Crippen LogP contribution in [-0.2, 0) is 15.8 Å². The number of halogens is 3. The summed E-state index contributed by atoms with van der Waals surface area (Å²) in [6, 6.07) is 10.5. The van der Waals surface area contributed by atoms with Crippen molar-refractivity contribution in [3.63, 3.8) is 0 Å². The van der Waals surface area contributed by atoms with Gasteiger partial charge < -0.3 is 4.98 Å². The number of nitrogens with one attached hydrogen (secondary N) is 1. The Morgan fingerprint density at radius 1 is 1.00 bits per heavy atom. The number of thiazole rings is 1. The SMILES string of the molecule is O=C1[C@@H]2[C@H]3C[C@@H]([C@H]4Sc5[nH]c(=O)sc5[C@@H](c5cccc([N+](=O)[O-])c5)[C@@H]34)[C@H]2C(=O)N1c1cccc(C(F)(F)F)c1. The predicted molar refractivity (Wildman–Crippen MR) is 136 cm³/mol. The third-order valence-corrected chi connectivity index (χ3v) is 11.2. The number of imide groups is 1. The van der Waals surface area contributed by atoms with E-state index in [2.05, 4.69) is 4.98 Å². The number of non-ortho nitro benzene ring substituents is 1. The number of benzene rings is 2. The third-order valence-electron chi connectivity index (χ3n) is 8.60. The van der Waals surface area contributed by atoms with Gasteiger partial charge in [-0.15, -0.1) is 11.8 Å². The molecule has 2 aromatic carbocycles. The number of carbonyl (C=O) groups excluding carboxylic acids is 2. The Morgan fingerprint density at radius 2 is 1.72 bits per heavy atom. The van der Waals surface area contributed by atoms with E-state index in [-0.39, 0.29) is 39.3 Å². The minimum absolute atomic E-state index is 0.0874. The Morgan fingerprint density at radius 3 is 2.44 bits per heavy atom. The highest BCUT2D eigenvalue weighted by atomic mass is 32.2. The number of nitro groups is 1. The molecule has 1 saturated heterocycles. The zero-order valence-corrected chi connectivity index (χ0v) is 21.4. The van der Waals surface area contributed by atoms with Gasteiger partial charge in [-0.05, 0) is 47.9 Å². The number of anilines is 1. The van der Waals surface area contributed by atoms with Crippen LogP contribution < -0.4 is 9.77 Å². The van der Waals surface area contributed by atoms with Crippen molar-refractivity contribution in [2.75, 3.05) is 4.90 Å². The molecule has 3 aromatic rings. The predicted octanol–water partition coefficient (Wildman–Crippen LogP) is 5.04. The number of carbonyl (C=O) groups is 2. The number of aromatic nitrogens is 1. The molecule has 39 heavy (non-hydrogen) atoms. The van der Waals surface area contributed by atoms with Crippen LogP contribution in [0.1, 0.15) is 28.3 Å². The topological polar surface area (TPSA) is 113 Å². The molecule has 8 nitrogen and oxygen atoms in total. The molecule has 3 heterocycles. The average Bonchev–Trinajstić information content (AvgIpc) is 3.62. The molecular formula is C26H18F3N3O5S2. The first-order valence-electron chi connectivity index (χ1n) is 12.2. The van der Waals surface area contributed by atoms with Crippen LogP contribution in [0.3, 0.4) is 0 Å². The molecule has 0 unspecified atom stereocenters. The normalized spacial score (nSPS) is 30.8. The number of aromatic amines is 1. The highest BCUT2D eigenvalue weighted by Crippen LogP contribution is 2.68. The van der Waals surface area contributed by atoms with Crippen LogP contribution in [0.25, 0.3) is 0 Å². The molecule has 4 aliphatic rings. The highest BCUT2D eigenvalue weighted by molar-refractivity contribution is 8.00. The number of nitro benzene ring substituents is 1. The minimum atomic E-state index is -4.62. The van der Waals surface area contributed by atoms with Gasteiger partial charge in [0, 0.05) is 28.2 Å². The fourth-order valence-electron chi connectivity index (χ4n) is 7.30. The first kappa shape index (κ1) is 24.6. The van der Waals surface area contributed by atoms with Crippen molar-refractivity contribution in [1.82, 2.24) is 4.98 Å². The minimum Gasteiger partial charge on any atom is -0.307 e. The lowest BCUT2D eigenvalue weighted by atomic mass is 9.68. The van der Waals surface area contributed by atoms with E-state index in [1.165, 1.54) is 36.0 Å². The maximum Gasteiger partial charge on any atom is 0.416 e. The molecule has 1 aromatic heterocycles. The molecule has 3 fully saturated rings. The molecule has 0 spiro atoms. The van der Waals surface area contributed by atoms with E-state index in [1.54, 1.807) is 12.1 Å². The molecule has 200 valence electrons. The van der Waals surface area contributed by atoms with E-state index in [4.69, 9.17) is 0 Å². The lowest BCUT2D eigenvalue weighted by Crippen LogP contribution is -2.42. The van der Waals surface area contributed by atoms with Crippen molar-refractivity contribution < 1.29 is 27.7 Å². The van der Waals surface area contributed by atoms with Gasteiger partial charge in [0.05, 0.1) is 33.0 Å². The summed E-state index contributed by atoms with van der Waals surface area (Å²) in [4.78, 5) is 55.0. The second-order valence-electron chi connectivity index (χ2n) is 10.4. The summed E-state index contributed by atoms with van der Waals surface area (Å²) in [6.45, 7) is 0. The van der Waals surface area contributed by atoms with E-state index in [9.17, 15) is 37.7 Å². The van der Waals surface area contributed by atoms with Gasteiger partial charge in [-0.2, -0.15) is 13.2 Å². The summed E-state index contributed by atoms with van der Waals surface area (Å²) >= 11 is 2.51. The zero-order chi connectivity index (χ0) is 27.4. The summed E-state index contributed by atoms with van der Waals surface area (Å²) in [7, 11) is 0. The molecule has 7 atom stereocenters. The molecule has 2 aliphatic heterocycles. The second kappa shape index (κ2) is 8.28. The van der Waals surface area contributed by atoms with E-state index >= 15 is 0 Å².